The molecular formula is C15H22N4S. The van der Waals surface area contributed by atoms with Gasteiger partial charge in [-0.1, -0.05) is 13.3 Å². The molecule has 2 aromatic heterocycles. The van der Waals surface area contributed by atoms with E-state index in [4.69, 9.17) is 0 Å². The second kappa shape index (κ2) is 5.95. The Labute approximate surface area is 124 Å². The lowest BCUT2D eigenvalue weighted by Gasteiger charge is -2.25. The molecule has 3 rings (SSSR count). The quantitative estimate of drug-likeness (QED) is 0.847. The molecule has 2 N–H and O–H groups in total. The third kappa shape index (κ3) is 2.73. The van der Waals surface area contributed by atoms with E-state index in [1.165, 1.54) is 29.5 Å². The van der Waals surface area contributed by atoms with Gasteiger partial charge in [-0.2, -0.15) is 4.98 Å². The molecule has 1 saturated carbocycles. The lowest BCUT2D eigenvalue weighted by molar-refractivity contribution is 0.333. The van der Waals surface area contributed by atoms with Crippen LogP contribution in [0, 0.1) is 5.92 Å². The Bertz CT molecular complexity index is 589. The van der Waals surface area contributed by atoms with Crippen molar-refractivity contribution in [3.05, 3.63) is 10.9 Å². The molecule has 1 aliphatic carbocycles. The SMILES string of the molecule is CCNc1nc(NCC2CCC2)c2cc(CC)sc2n1. The Morgan fingerprint density at radius 2 is 2.10 bits per heavy atom. The monoisotopic (exact) mass is 290 g/mol. The summed E-state index contributed by atoms with van der Waals surface area (Å²) in [7, 11) is 0. The molecule has 0 saturated heterocycles. The summed E-state index contributed by atoms with van der Waals surface area (Å²) in [5.41, 5.74) is 0. The first kappa shape index (κ1) is 13.6. The largest absolute Gasteiger partial charge is 0.369 e. The Morgan fingerprint density at radius 3 is 2.75 bits per heavy atom. The number of fused-ring (bicyclic) bond motifs is 1. The molecule has 0 amide bonds. The van der Waals surface area contributed by atoms with E-state index in [1.54, 1.807) is 11.3 Å². The first-order valence-corrected chi connectivity index (χ1v) is 8.40. The highest BCUT2D eigenvalue weighted by Crippen LogP contribution is 2.32. The van der Waals surface area contributed by atoms with Crippen LogP contribution in [0.5, 0.6) is 0 Å². The molecule has 108 valence electrons. The number of nitrogens with zero attached hydrogens (tertiary/aromatic N) is 2. The number of rotatable bonds is 6. The van der Waals surface area contributed by atoms with E-state index in [1.807, 2.05) is 0 Å². The van der Waals surface area contributed by atoms with E-state index in [-0.39, 0.29) is 0 Å². The standard InChI is InChI=1S/C15H22N4S/c1-3-11-8-12-13(17-9-10-6-5-7-10)18-15(16-4-2)19-14(12)20-11/h8,10H,3-7,9H2,1-2H3,(H2,16,17,18,19). The Kier molecular flexibility index (Phi) is 4.05. The summed E-state index contributed by atoms with van der Waals surface area (Å²) in [4.78, 5) is 11.7. The van der Waals surface area contributed by atoms with Crippen LogP contribution in [0.2, 0.25) is 0 Å². The van der Waals surface area contributed by atoms with Crippen LogP contribution in [0.25, 0.3) is 10.2 Å². The van der Waals surface area contributed by atoms with Gasteiger partial charge < -0.3 is 10.6 Å². The van der Waals surface area contributed by atoms with Crippen molar-refractivity contribution in [2.45, 2.75) is 39.5 Å². The molecule has 1 aliphatic rings. The number of thiophene rings is 1. The average molecular weight is 290 g/mol. The zero-order valence-corrected chi connectivity index (χ0v) is 13.0. The maximum atomic E-state index is 4.64. The topological polar surface area (TPSA) is 49.8 Å². The predicted octanol–water partition coefficient (Wildman–Crippen LogP) is 3.90. The van der Waals surface area contributed by atoms with Crippen LogP contribution in [-0.4, -0.2) is 23.1 Å². The predicted molar refractivity (Wildman–Crippen MR) is 86.8 cm³/mol. The van der Waals surface area contributed by atoms with E-state index in [0.717, 1.165) is 42.0 Å². The minimum atomic E-state index is 0.737. The van der Waals surface area contributed by atoms with Crippen molar-refractivity contribution >= 4 is 33.3 Å². The molecule has 0 radical (unpaired) electrons. The van der Waals surface area contributed by atoms with Gasteiger partial charge in [0, 0.05) is 18.0 Å². The smallest absolute Gasteiger partial charge is 0.226 e. The number of nitrogens with one attached hydrogen (secondary N) is 2. The minimum Gasteiger partial charge on any atom is -0.369 e. The van der Waals surface area contributed by atoms with Gasteiger partial charge in [-0.3, -0.25) is 0 Å². The van der Waals surface area contributed by atoms with Crippen LogP contribution in [0.15, 0.2) is 6.07 Å². The lowest BCUT2D eigenvalue weighted by Crippen LogP contribution is -2.21. The molecule has 4 nitrogen and oxygen atoms in total. The first-order chi connectivity index (χ1) is 9.80. The van der Waals surface area contributed by atoms with Crippen molar-refractivity contribution in [3.63, 3.8) is 0 Å². The molecule has 0 aliphatic heterocycles. The molecule has 2 heterocycles. The summed E-state index contributed by atoms with van der Waals surface area (Å²) in [6.45, 7) is 6.14. The first-order valence-electron chi connectivity index (χ1n) is 7.58. The van der Waals surface area contributed by atoms with Gasteiger partial charge in [0.05, 0.1) is 5.39 Å². The maximum Gasteiger partial charge on any atom is 0.226 e. The molecular weight excluding hydrogens is 268 g/mol. The molecule has 1 fully saturated rings. The molecule has 0 bridgehead atoms. The highest BCUT2D eigenvalue weighted by Gasteiger charge is 2.18. The van der Waals surface area contributed by atoms with Crippen molar-refractivity contribution in [2.75, 3.05) is 23.7 Å². The van der Waals surface area contributed by atoms with Crippen LogP contribution < -0.4 is 10.6 Å². The van der Waals surface area contributed by atoms with Gasteiger partial charge >= 0.3 is 0 Å². The van der Waals surface area contributed by atoms with E-state index in [9.17, 15) is 0 Å². The van der Waals surface area contributed by atoms with Crippen molar-refractivity contribution in [3.8, 4) is 0 Å². The fourth-order valence-corrected chi connectivity index (χ4v) is 3.42. The molecule has 0 unspecified atom stereocenters. The molecule has 0 spiro atoms. The molecule has 20 heavy (non-hydrogen) atoms. The van der Waals surface area contributed by atoms with Gasteiger partial charge in [0.15, 0.2) is 0 Å². The van der Waals surface area contributed by atoms with Gasteiger partial charge in [-0.25, -0.2) is 4.98 Å². The van der Waals surface area contributed by atoms with Crippen LogP contribution in [0.1, 0.15) is 38.0 Å². The van der Waals surface area contributed by atoms with Crippen LogP contribution in [-0.2, 0) is 6.42 Å². The van der Waals surface area contributed by atoms with Crippen molar-refractivity contribution in [1.29, 1.82) is 0 Å². The summed E-state index contributed by atoms with van der Waals surface area (Å²) in [6, 6.07) is 2.23. The van der Waals surface area contributed by atoms with E-state index >= 15 is 0 Å². The third-order valence-corrected chi connectivity index (χ3v) is 5.08. The highest BCUT2D eigenvalue weighted by molar-refractivity contribution is 7.18. The van der Waals surface area contributed by atoms with Crippen LogP contribution in [0.4, 0.5) is 11.8 Å². The summed E-state index contributed by atoms with van der Waals surface area (Å²) in [5.74, 6) is 2.56. The third-order valence-electron chi connectivity index (χ3n) is 3.91. The number of hydrogen-bond acceptors (Lipinski definition) is 5. The Morgan fingerprint density at radius 1 is 1.25 bits per heavy atom. The zero-order valence-electron chi connectivity index (χ0n) is 12.2. The van der Waals surface area contributed by atoms with E-state index < -0.39 is 0 Å². The van der Waals surface area contributed by atoms with Crippen molar-refractivity contribution < 1.29 is 0 Å². The van der Waals surface area contributed by atoms with Gasteiger partial charge in [-0.05, 0) is 38.2 Å². The second-order valence-electron chi connectivity index (χ2n) is 5.39. The molecule has 0 aromatic carbocycles. The minimum absolute atomic E-state index is 0.737. The number of aromatic nitrogens is 2. The Hall–Kier alpha value is -1.36. The highest BCUT2D eigenvalue weighted by atomic mass is 32.1. The zero-order chi connectivity index (χ0) is 13.9. The number of hydrogen-bond donors (Lipinski definition) is 2. The van der Waals surface area contributed by atoms with Gasteiger partial charge in [0.25, 0.3) is 0 Å². The molecule has 0 atom stereocenters. The van der Waals surface area contributed by atoms with E-state index in [2.05, 4.69) is 40.5 Å². The molecule has 2 aromatic rings. The summed E-state index contributed by atoms with van der Waals surface area (Å²) < 4.78 is 0. The molecule has 5 heteroatoms. The fraction of sp³-hybridized carbons (Fsp3) is 0.600. The van der Waals surface area contributed by atoms with Gasteiger partial charge in [0.1, 0.15) is 10.6 Å². The summed E-state index contributed by atoms with van der Waals surface area (Å²) >= 11 is 1.77. The van der Waals surface area contributed by atoms with Gasteiger partial charge in [-0.15, -0.1) is 11.3 Å². The number of aryl methyl sites for hydroxylation is 1. The normalized spacial score (nSPS) is 15.3. The average Bonchev–Trinajstić information content (AvgIpc) is 2.80. The van der Waals surface area contributed by atoms with Crippen molar-refractivity contribution in [1.82, 2.24) is 9.97 Å². The lowest BCUT2D eigenvalue weighted by atomic mass is 9.85. The maximum absolute atomic E-state index is 4.64. The fourth-order valence-electron chi connectivity index (χ4n) is 2.46. The van der Waals surface area contributed by atoms with Gasteiger partial charge in [0.2, 0.25) is 5.95 Å². The second-order valence-corrected chi connectivity index (χ2v) is 6.50. The summed E-state index contributed by atoms with van der Waals surface area (Å²) in [5, 5.41) is 7.94. The van der Waals surface area contributed by atoms with E-state index in [0.29, 0.717) is 0 Å². The van der Waals surface area contributed by atoms with Crippen LogP contribution in [0.3, 0.4) is 0 Å². The Balaban J connectivity index is 1.90. The number of anilines is 2. The van der Waals surface area contributed by atoms with Crippen LogP contribution >= 0.6 is 11.3 Å². The summed E-state index contributed by atoms with van der Waals surface area (Å²) in [6.07, 6.45) is 5.14. The van der Waals surface area contributed by atoms with Crippen molar-refractivity contribution in [2.24, 2.45) is 5.92 Å².